The molecule has 0 unspecified atom stereocenters. The van der Waals surface area contributed by atoms with Crippen molar-refractivity contribution in [3.63, 3.8) is 0 Å². The van der Waals surface area contributed by atoms with Crippen LogP contribution in [0.1, 0.15) is 5.01 Å². The Morgan fingerprint density at radius 1 is 1.33 bits per heavy atom. The highest BCUT2D eigenvalue weighted by Gasteiger charge is 2.08. The van der Waals surface area contributed by atoms with Gasteiger partial charge in [0, 0.05) is 16.6 Å². The second-order valence-corrected chi connectivity index (χ2v) is 4.93. The molecule has 0 aliphatic carbocycles. The molecule has 1 N–H and O–H groups in total. The maximum atomic E-state index is 4.16. The van der Waals surface area contributed by atoms with E-state index in [9.17, 15) is 0 Å². The Kier molecular flexibility index (Phi) is 3.45. The molecule has 1 heterocycles. The van der Waals surface area contributed by atoms with Gasteiger partial charge < -0.3 is 5.32 Å². The summed E-state index contributed by atoms with van der Waals surface area (Å²) in [6, 6.07) is 8.03. The second-order valence-electron chi connectivity index (χ2n) is 3.01. The molecule has 0 amide bonds. The van der Waals surface area contributed by atoms with Gasteiger partial charge >= 0.3 is 0 Å². The number of hydrogen-bond donors (Lipinski definition) is 1. The van der Waals surface area contributed by atoms with E-state index in [4.69, 9.17) is 0 Å². The van der Waals surface area contributed by atoms with Crippen molar-refractivity contribution in [3.8, 4) is 10.6 Å². The van der Waals surface area contributed by atoms with Gasteiger partial charge in [-0.3, -0.25) is 0 Å². The van der Waals surface area contributed by atoms with Gasteiger partial charge in [-0.15, -0.1) is 10.2 Å². The first-order valence-electron chi connectivity index (χ1n) is 4.53. The Balaban J connectivity index is 2.33. The van der Waals surface area contributed by atoms with Crippen molar-refractivity contribution < 1.29 is 0 Å². The third-order valence-corrected chi connectivity index (χ3v) is 3.55. The molecule has 3 nitrogen and oxygen atoms in total. The smallest absolute Gasteiger partial charge is 0.148 e. The number of nitrogens with one attached hydrogen (secondary N) is 1. The predicted molar refractivity (Wildman–Crippen MR) is 65.8 cm³/mol. The van der Waals surface area contributed by atoms with E-state index in [0.717, 1.165) is 26.6 Å². The Hall–Kier alpha value is -0.780. The standard InChI is InChI=1S/C10H10BrN3S/c1-12-6-9-13-14-10(15-9)7-4-2-3-5-8(7)11/h2-5,12H,6H2,1H3. The summed E-state index contributed by atoms with van der Waals surface area (Å²) < 4.78 is 1.05. The van der Waals surface area contributed by atoms with Crippen LogP contribution in [0.4, 0.5) is 0 Å². The van der Waals surface area contributed by atoms with Crippen LogP contribution in [0.2, 0.25) is 0 Å². The average molecular weight is 284 g/mol. The predicted octanol–water partition coefficient (Wildman–Crippen LogP) is 2.69. The molecule has 0 aliphatic rings. The summed E-state index contributed by atoms with van der Waals surface area (Å²) in [5, 5.41) is 13.3. The number of hydrogen-bond acceptors (Lipinski definition) is 4. The summed E-state index contributed by atoms with van der Waals surface area (Å²) in [7, 11) is 1.90. The van der Waals surface area contributed by atoms with E-state index in [1.165, 1.54) is 0 Å². The Morgan fingerprint density at radius 2 is 2.13 bits per heavy atom. The third kappa shape index (κ3) is 2.42. The van der Waals surface area contributed by atoms with E-state index in [2.05, 4.69) is 31.4 Å². The highest BCUT2D eigenvalue weighted by molar-refractivity contribution is 9.10. The van der Waals surface area contributed by atoms with Gasteiger partial charge in [0.1, 0.15) is 10.0 Å². The molecule has 15 heavy (non-hydrogen) atoms. The SMILES string of the molecule is CNCc1nnc(-c2ccccc2Br)s1. The topological polar surface area (TPSA) is 37.8 Å². The molecule has 0 spiro atoms. The number of rotatable bonds is 3. The zero-order chi connectivity index (χ0) is 10.7. The van der Waals surface area contributed by atoms with Crippen LogP contribution in [0.3, 0.4) is 0 Å². The summed E-state index contributed by atoms with van der Waals surface area (Å²) in [4.78, 5) is 0. The molecule has 0 bridgehead atoms. The summed E-state index contributed by atoms with van der Waals surface area (Å²) in [6.45, 7) is 0.766. The molecule has 0 radical (unpaired) electrons. The van der Waals surface area contributed by atoms with Crippen molar-refractivity contribution in [2.75, 3.05) is 7.05 Å². The van der Waals surface area contributed by atoms with Gasteiger partial charge in [-0.25, -0.2) is 0 Å². The molecule has 0 atom stereocenters. The molecule has 78 valence electrons. The maximum absolute atomic E-state index is 4.16. The largest absolute Gasteiger partial charge is 0.313 e. The van der Waals surface area contributed by atoms with Gasteiger partial charge in [0.2, 0.25) is 0 Å². The van der Waals surface area contributed by atoms with Gasteiger partial charge in [-0.2, -0.15) is 0 Å². The summed E-state index contributed by atoms with van der Waals surface area (Å²) >= 11 is 5.11. The fourth-order valence-corrected chi connectivity index (χ4v) is 2.71. The van der Waals surface area contributed by atoms with E-state index in [1.807, 2.05) is 31.3 Å². The Labute approximate surface area is 101 Å². The fourth-order valence-electron chi connectivity index (χ4n) is 1.22. The van der Waals surface area contributed by atoms with Gasteiger partial charge in [0.15, 0.2) is 0 Å². The quantitative estimate of drug-likeness (QED) is 0.941. The van der Waals surface area contributed by atoms with Crippen molar-refractivity contribution in [3.05, 3.63) is 33.7 Å². The monoisotopic (exact) mass is 283 g/mol. The number of nitrogens with zero attached hydrogens (tertiary/aromatic N) is 2. The Bertz CT molecular complexity index is 455. The molecule has 1 aromatic heterocycles. The molecule has 5 heteroatoms. The van der Waals surface area contributed by atoms with Crippen LogP contribution in [0.5, 0.6) is 0 Å². The van der Waals surface area contributed by atoms with Crippen LogP contribution in [-0.4, -0.2) is 17.2 Å². The van der Waals surface area contributed by atoms with Gasteiger partial charge in [0.05, 0.1) is 0 Å². The zero-order valence-electron chi connectivity index (χ0n) is 8.20. The summed E-state index contributed by atoms with van der Waals surface area (Å²) in [6.07, 6.45) is 0. The molecule has 0 saturated heterocycles. The highest BCUT2D eigenvalue weighted by Crippen LogP contribution is 2.29. The van der Waals surface area contributed by atoms with Crippen LogP contribution in [0.25, 0.3) is 10.6 Å². The first-order valence-corrected chi connectivity index (χ1v) is 6.14. The van der Waals surface area contributed by atoms with Crippen molar-refractivity contribution in [2.45, 2.75) is 6.54 Å². The molecule has 1 aromatic carbocycles. The first-order chi connectivity index (χ1) is 7.31. The first kappa shape index (κ1) is 10.7. The van der Waals surface area contributed by atoms with Crippen molar-refractivity contribution >= 4 is 27.3 Å². The van der Waals surface area contributed by atoms with E-state index >= 15 is 0 Å². The lowest BCUT2D eigenvalue weighted by Crippen LogP contribution is -2.04. The molecular weight excluding hydrogens is 274 g/mol. The third-order valence-electron chi connectivity index (χ3n) is 1.90. The molecule has 2 rings (SSSR count). The van der Waals surface area contributed by atoms with Gasteiger partial charge in [-0.05, 0) is 13.1 Å². The van der Waals surface area contributed by atoms with Crippen molar-refractivity contribution in [1.29, 1.82) is 0 Å². The van der Waals surface area contributed by atoms with Crippen LogP contribution in [0.15, 0.2) is 28.7 Å². The lowest BCUT2D eigenvalue weighted by atomic mass is 10.2. The molecular formula is C10H10BrN3S. The molecule has 0 aliphatic heterocycles. The van der Waals surface area contributed by atoms with Crippen molar-refractivity contribution in [2.24, 2.45) is 0 Å². The van der Waals surface area contributed by atoms with Crippen molar-refractivity contribution in [1.82, 2.24) is 15.5 Å². The number of benzene rings is 1. The van der Waals surface area contributed by atoms with Crippen LogP contribution in [-0.2, 0) is 6.54 Å². The molecule has 0 fully saturated rings. The maximum Gasteiger partial charge on any atom is 0.148 e. The van der Waals surface area contributed by atoms with Crippen LogP contribution < -0.4 is 5.32 Å². The highest BCUT2D eigenvalue weighted by atomic mass is 79.9. The minimum atomic E-state index is 0.766. The normalized spacial score (nSPS) is 10.5. The number of halogens is 1. The van der Waals surface area contributed by atoms with Crippen LogP contribution in [0, 0.1) is 0 Å². The van der Waals surface area contributed by atoms with E-state index in [-0.39, 0.29) is 0 Å². The molecule has 0 saturated carbocycles. The van der Waals surface area contributed by atoms with E-state index in [1.54, 1.807) is 11.3 Å². The average Bonchev–Trinajstić information content (AvgIpc) is 2.68. The van der Waals surface area contributed by atoms with Crippen LogP contribution >= 0.6 is 27.3 Å². The van der Waals surface area contributed by atoms with Gasteiger partial charge in [0.25, 0.3) is 0 Å². The zero-order valence-corrected chi connectivity index (χ0v) is 10.6. The molecule has 2 aromatic rings. The van der Waals surface area contributed by atoms with Gasteiger partial charge in [-0.1, -0.05) is 45.5 Å². The lowest BCUT2D eigenvalue weighted by Gasteiger charge is -1.97. The minimum absolute atomic E-state index is 0.766. The summed E-state index contributed by atoms with van der Waals surface area (Å²) in [5.41, 5.74) is 1.09. The lowest BCUT2D eigenvalue weighted by molar-refractivity contribution is 0.795. The van der Waals surface area contributed by atoms with E-state index < -0.39 is 0 Å². The Morgan fingerprint density at radius 3 is 2.87 bits per heavy atom. The second kappa shape index (κ2) is 4.83. The number of aromatic nitrogens is 2. The van der Waals surface area contributed by atoms with E-state index in [0.29, 0.717) is 0 Å². The minimum Gasteiger partial charge on any atom is -0.313 e. The fraction of sp³-hybridized carbons (Fsp3) is 0.200. The summed E-state index contributed by atoms with van der Waals surface area (Å²) in [5.74, 6) is 0.